The van der Waals surface area contributed by atoms with Crippen molar-refractivity contribution in [2.75, 3.05) is 39.3 Å². The van der Waals surface area contributed by atoms with E-state index in [2.05, 4.69) is 18.6 Å². The highest BCUT2D eigenvalue weighted by Crippen LogP contribution is 2.17. The summed E-state index contributed by atoms with van der Waals surface area (Å²) in [6.07, 6.45) is 8.57. The van der Waals surface area contributed by atoms with Crippen LogP contribution in [0.15, 0.2) is 8.80 Å². The third kappa shape index (κ3) is 5.09. The molecule has 2 saturated heterocycles. The third-order valence-electron chi connectivity index (χ3n) is 4.96. The van der Waals surface area contributed by atoms with E-state index in [0.717, 1.165) is 38.8 Å². The molecule has 3 heterocycles. The minimum absolute atomic E-state index is 0.714. The van der Waals surface area contributed by atoms with Crippen LogP contribution in [0, 0.1) is 0 Å². The van der Waals surface area contributed by atoms with Gasteiger partial charge in [0.1, 0.15) is 0 Å². The first-order valence-electron chi connectivity index (χ1n) is 9.00. The van der Waals surface area contributed by atoms with E-state index in [9.17, 15) is 8.42 Å². The first-order chi connectivity index (χ1) is 11.1. The molecule has 3 aliphatic rings. The van der Waals surface area contributed by atoms with Gasteiger partial charge in [-0.2, -0.15) is 8.42 Å². The second kappa shape index (κ2) is 7.85. The molecule has 6 nitrogen and oxygen atoms in total. The van der Waals surface area contributed by atoms with Crippen LogP contribution in [0.3, 0.4) is 0 Å². The topological polar surface area (TPSA) is 65.3 Å². The Balaban J connectivity index is 1.45. The smallest absolute Gasteiger partial charge is 0.303 e. The van der Waals surface area contributed by atoms with E-state index in [1.54, 1.807) is 0 Å². The van der Waals surface area contributed by atoms with Gasteiger partial charge in [0, 0.05) is 0 Å². The molecule has 0 N–H and O–H groups in total. The SMILES string of the molecule is O=S1(=O)N=C(CCCN2CCCC2)C(CCCN2CCCC2)=N1. The Kier molecular flexibility index (Phi) is 5.82. The van der Waals surface area contributed by atoms with Gasteiger partial charge in [-0.3, -0.25) is 0 Å². The number of rotatable bonds is 8. The summed E-state index contributed by atoms with van der Waals surface area (Å²) in [6, 6.07) is 0. The molecule has 7 heteroatoms. The van der Waals surface area contributed by atoms with Crippen molar-refractivity contribution in [3.63, 3.8) is 0 Å². The maximum Gasteiger partial charge on any atom is 0.363 e. The van der Waals surface area contributed by atoms with E-state index in [4.69, 9.17) is 0 Å². The molecule has 130 valence electrons. The summed E-state index contributed by atoms with van der Waals surface area (Å²) < 4.78 is 31.1. The average Bonchev–Trinajstić information content (AvgIpc) is 3.21. The molecule has 3 aliphatic heterocycles. The van der Waals surface area contributed by atoms with Crippen LogP contribution in [-0.2, 0) is 10.2 Å². The summed E-state index contributed by atoms with van der Waals surface area (Å²) in [5, 5.41) is 0. The van der Waals surface area contributed by atoms with Crippen LogP contribution in [0.4, 0.5) is 0 Å². The molecular weight excluding hydrogens is 312 g/mol. The van der Waals surface area contributed by atoms with Gasteiger partial charge >= 0.3 is 10.2 Å². The molecule has 0 bridgehead atoms. The summed E-state index contributed by atoms with van der Waals surface area (Å²) in [6.45, 7) is 6.81. The van der Waals surface area contributed by atoms with Gasteiger partial charge in [0.15, 0.2) is 0 Å². The molecule has 0 radical (unpaired) electrons. The van der Waals surface area contributed by atoms with E-state index >= 15 is 0 Å². The Labute approximate surface area is 139 Å². The quantitative estimate of drug-likeness (QED) is 0.677. The minimum Gasteiger partial charge on any atom is -0.303 e. The average molecular weight is 340 g/mol. The van der Waals surface area contributed by atoms with Crippen molar-refractivity contribution in [3.05, 3.63) is 0 Å². The standard InChI is InChI=1S/C16H28N4O2S/c21-23(22)17-15(7-5-13-19-9-1-2-10-19)16(18-23)8-6-14-20-11-3-4-12-20/h1-14H2. The van der Waals surface area contributed by atoms with Gasteiger partial charge in [0.2, 0.25) is 0 Å². The summed E-state index contributed by atoms with van der Waals surface area (Å²) in [4.78, 5) is 4.91. The predicted octanol–water partition coefficient (Wildman–Crippen LogP) is 1.88. The molecule has 0 saturated carbocycles. The lowest BCUT2D eigenvalue weighted by molar-refractivity contribution is 0.335. The number of nitrogens with zero attached hydrogens (tertiary/aromatic N) is 4. The number of likely N-dealkylation sites (tertiary alicyclic amines) is 2. The summed E-state index contributed by atoms with van der Waals surface area (Å²) in [7, 11) is -3.59. The first kappa shape index (κ1) is 17.0. The van der Waals surface area contributed by atoms with Gasteiger partial charge in [-0.1, -0.05) is 0 Å². The van der Waals surface area contributed by atoms with Gasteiger partial charge in [-0.15, -0.1) is 8.80 Å². The second-order valence-electron chi connectivity index (χ2n) is 6.83. The Bertz CT molecular complexity index is 515. The van der Waals surface area contributed by atoms with Crippen molar-refractivity contribution in [2.45, 2.75) is 51.4 Å². The molecule has 0 spiro atoms. The zero-order valence-electron chi connectivity index (χ0n) is 13.9. The monoisotopic (exact) mass is 340 g/mol. The summed E-state index contributed by atoms with van der Waals surface area (Å²) in [5.74, 6) is 0. The Hall–Kier alpha value is -0.790. The van der Waals surface area contributed by atoms with Crippen molar-refractivity contribution in [3.8, 4) is 0 Å². The largest absolute Gasteiger partial charge is 0.363 e. The molecule has 0 aromatic heterocycles. The van der Waals surface area contributed by atoms with Crippen molar-refractivity contribution >= 4 is 21.6 Å². The van der Waals surface area contributed by atoms with Crippen LogP contribution < -0.4 is 0 Å². The van der Waals surface area contributed by atoms with Gasteiger partial charge in [-0.25, -0.2) is 0 Å². The van der Waals surface area contributed by atoms with Crippen LogP contribution in [-0.4, -0.2) is 68.9 Å². The highest BCUT2D eigenvalue weighted by Gasteiger charge is 2.24. The highest BCUT2D eigenvalue weighted by atomic mass is 32.2. The lowest BCUT2D eigenvalue weighted by Gasteiger charge is -2.15. The normalized spacial score (nSPS) is 25.0. The van der Waals surface area contributed by atoms with Crippen LogP contribution in [0.5, 0.6) is 0 Å². The van der Waals surface area contributed by atoms with Gasteiger partial charge in [0.05, 0.1) is 11.4 Å². The summed E-state index contributed by atoms with van der Waals surface area (Å²) in [5.41, 5.74) is 1.43. The molecular formula is C16H28N4O2S. The minimum atomic E-state index is -3.59. The number of hydrogen-bond acceptors (Lipinski definition) is 4. The van der Waals surface area contributed by atoms with Gasteiger partial charge in [-0.05, 0) is 90.6 Å². The van der Waals surface area contributed by atoms with Gasteiger partial charge in [0.25, 0.3) is 0 Å². The molecule has 2 fully saturated rings. The fourth-order valence-electron chi connectivity index (χ4n) is 3.74. The first-order valence-corrected chi connectivity index (χ1v) is 10.4. The highest BCUT2D eigenvalue weighted by molar-refractivity contribution is 7.89. The number of hydrogen-bond donors (Lipinski definition) is 0. The molecule has 3 rings (SSSR count). The Morgan fingerprint density at radius 3 is 1.52 bits per heavy atom. The zero-order chi connectivity index (χ0) is 16.1. The maximum absolute atomic E-state index is 11.7. The molecule has 0 amide bonds. The molecule has 0 aliphatic carbocycles. The van der Waals surface area contributed by atoms with Crippen molar-refractivity contribution < 1.29 is 8.42 Å². The Morgan fingerprint density at radius 2 is 1.13 bits per heavy atom. The maximum atomic E-state index is 11.7. The van der Waals surface area contributed by atoms with E-state index in [1.165, 1.54) is 51.9 Å². The van der Waals surface area contributed by atoms with E-state index in [0.29, 0.717) is 11.4 Å². The van der Waals surface area contributed by atoms with Crippen molar-refractivity contribution in [2.24, 2.45) is 8.80 Å². The van der Waals surface area contributed by atoms with Crippen LogP contribution >= 0.6 is 0 Å². The van der Waals surface area contributed by atoms with Crippen molar-refractivity contribution in [1.82, 2.24) is 9.80 Å². The second-order valence-corrected chi connectivity index (χ2v) is 8.09. The van der Waals surface area contributed by atoms with E-state index < -0.39 is 10.2 Å². The van der Waals surface area contributed by atoms with Crippen molar-refractivity contribution in [1.29, 1.82) is 0 Å². The molecule has 0 aromatic carbocycles. The van der Waals surface area contributed by atoms with Gasteiger partial charge < -0.3 is 9.80 Å². The summed E-state index contributed by atoms with van der Waals surface area (Å²) >= 11 is 0. The van der Waals surface area contributed by atoms with E-state index in [-0.39, 0.29) is 0 Å². The lowest BCUT2D eigenvalue weighted by Crippen LogP contribution is -2.23. The molecule has 23 heavy (non-hydrogen) atoms. The fourth-order valence-corrected chi connectivity index (χ4v) is 4.73. The molecule has 0 unspecified atom stereocenters. The molecule has 0 atom stereocenters. The van der Waals surface area contributed by atoms with Crippen LogP contribution in [0.2, 0.25) is 0 Å². The predicted molar refractivity (Wildman–Crippen MR) is 93.6 cm³/mol. The van der Waals surface area contributed by atoms with Crippen LogP contribution in [0.25, 0.3) is 0 Å². The zero-order valence-corrected chi connectivity index (χ0v) is 14.7. The lowest BCUT2D eigenvalue weighted by atomic mass is 10.1. The van der Waals surface area contributed by atoms with Crippen LogP contribution in [0.1, 0.15) is 51.4 Å². The molecule has 0 aromatic rings. The van der Waals surface area contributed by atoms with E-state index in [1.807, 2.05) is 0 Å². The fraction of sp³-hybridized carbons (Fsp3) is 0.875. The third-order valence-corrected chi connectivity index (χ3v) is 5.86. The Morgan fingerprint density at radius 1 is 0.739 bits per heavy atom.